The van der Waals surface area contributed by atoms with E-state index in [1.54, 1.807) is 6.07 Å². The molecule has 0 amide bonds. The molecule has 32 heavy (non-hydrogen) atoms. The van der Waals surface area contributed by atoms with Gasteiger partial charge in [0, 0.05) is 40.9 Å². The molecule has 7 nitrogen and oxygen atoms in total. The van der Waals surface area contributed by atoms with Crippen molar-refractivity contribution < 1.29 is 24.2 Å². The lowest BCUT2D eigenvalue weighted by Crippen LogP contribution is -2.07. The largest absolute Gasteiger partial charge is 0.478 e. The van der Waals surface area contributed by atoms with Gasteiger partial charge in [-0.15, -0.1) is 0 Å². The molecule has 4 rings (SSSR count). The number of carboxylic acids is 2. The van der Waals surface area contributed by atoms with Crippen molar-refractivity contribution in [2.24, 2.45) is 0 Å². The van der Waals surface area contributed by atoms with Crippen molar-refractivity contribution >= 4 is 40.2 Å². The number of fused-ring (bicyclic) bond motifs is 2. The third-order valence-corrected chi connectivity index (χ3v) is 5.55. The van der Waals surface area contributed by atoms with Crippen molar-refractivity contribution in [2.45, 2.75) is 13.8 Å². The summed E-state index contributed by atoms with van der Waals surface area (Å²) in [6.45, 7) is 4.55. The lowest BCUT2D eigenvalue weighted by molar-refractivity contribution is 0.0696. The Bertz CT molecular complexity index is 1440. The van der Waals surface area contributed by atoms with Gasteiger partial charge < -0.3 is 19.9 Å². The Morgan fingerprint density at radius 2 is 1.78 bits per heavy atom. The van der Waals surface area contributed by atoms with Gasteiger partial charge in [-0.05, 0) is 49.2 Å². The first-order chi connectivity index (χ1) is 15.2. The molecule has 0 fully saturated rings. The fourth-order valence-electron chi connectivity index (χ4n) is 3.79. The summed E-state index contributed by atoms with van der Waals surface area (Å²) in [5, 5.41) is 23.0. The van der Waals surface area contributed by atoms with Crippen LogP contribution in [0.25, 0.3) is 33.4 Å². The summed E-state index contributed by atoms with van der Waals surface area (Å²) >= 11 is 6.11. The molecule has 0 bridgehead atoms. The van der Waals surface area contributed by atoms with E-state index in [-0.39, 0.29) is 21.9 Å². The van der Waals surface area contributed by atoms with Crippen molar-refractivity contribution in [3.8, 4) is 22.5 Å². The molecule has 2 aliphatic rings. The Balaban J connectivity index is 2.19. The van der Waals surface area contributed by atoms with E-state index in [1.165, 1.54) is 24.3 Å². The van der Waals surface area contributed by atoms with Crippen LogP contribution in [0.4, 0.5) is 5.69 Å². The number of aryl methyl sites for hydroxylation is 1. The molecule has 0 spiro atoms. The fraction of sp³-hybridized carbons (Fsp3) is 0.125. The van der Waals surface area contributed by atoms with E-state index in [0.29, 0.717) is 34.2 Å². The van der Waals surface area contributed by atoms with E-state index in [1.807, 2.05) is 19.9 Å². The van der Waals surface area contributed by atoms with Crippen LogP contribution in [0.5, 0.6) is 0 Å². The minimum Gasteiger partial charge on any atom is -0.478 e. The standard InChI is InChI=1S/C24H18ClNO6/c1-3-26-18-9-20-15(6-11(18)2)22(16-8-17(25)19(27)10-21(16)32-20)13-5-4-12(23(28)29)7-14(13)24(30)31/h4-10,26H,3H2,1-2H3,(H,28,29)(H,30,31). The molecule has 1 heterocycles. The number of benzene rings is 3. The molecule has 1 aliphatic heterocycles. The summed E-state index contributed by atoms with van der Waals surface area (Å²) in [6, 6.07) is 10.3. The molecule has 0 saturated heterocycles. The number of aromatic carboxylic acids is 2. The summed E-state index contributed by atoms with van der Waals surface area (Å²) in [7, 11) is 0. The van der Waals surface area contributed by atoms with Crippen LogP contribution in [-0.2, 0) is 0 Å². The van der Waals surface area contributed by atoms with Crippen LogP contribution >= 0.6 is 11.6 Å². The predicted octanol–water partition coefficient (Wildman–Crippen LogP) is 5.35. The molecule has 0 atom stereocenters. The molecule has 0 radical (unpaired) electrons. The maximum atomic E-state index is 12.2. The Morgan fingerprint density at radius 3 is 2.44 bits per heavy atom. The van der Waals surface area contributed by atoms with Crippen LogP contribution in [0.15, 0.2) is 51.7 Å². The van der Waals surface area contributed by atoms with Gasteiger partial charge in [0.15, 0.2) is 0 Å². The van der Waals surface area contributed by atoms with Gasteiger partial charge in [-0.25, -0.2) is 9.59 Å². The molecule has 3 N–H and O–H groups in total. The van der Waals surface area contributed by atoms with Gasteiger partial charge >= 0.3 is 11.9 Å². The van der Waals surface area contributed by atoms with Gasteiger partial charge in [-0.3, -0.25) is 4.79 Å². The first kappa shape index (κ1) is 21.4. The van der Waals surface area contributed by atoms with Gasteiger partial charge in [0.1, 0.15) is 11.3 Å². The quantitative estimate of drug-likeness (QED) is 0.350. The van der Waals surface area contributed by atoms with Gasteiger partial charge in [-0.2, -0.15) is 0 Å². The number of carbonyl (C=O) groups is 2. The molecule has 1 aliphatic carbocycles. The number of hydrogen-bond donors (Lipinski definition) is 3. The van der Waals surface area contributed by atoms with E-state index in [4.69, 9.17) is 16.0 Å². The molecule has 2 aromatic carbocycles. The van der Waals surface area contributed by atoms with Crippen molar-refractivity contribution in [1.82, 2.24) is 0 Å². The Hall–Kier alpha value is -3.84. The average Bonchev–Trinajstić information content (AvgIpc) is 2.74. The minimum atomic E-state index is -1.28. The van der Waals surface area contributed by atoms with E-state index in [2.05, 4.69) is 5.32 Å². The van der Waals surface area contributed by atoms with Gasteiger partial charge in [-0.1, -0.05) is 17.7 Å². The van der Waals surface area contributed by atoms with Crippen molar-refractivity contribution in [1.29, 1.82) is 0 Å². The Morgan fingerprint density at radius 1 is 1.03 bits per heavy atom. The second-order valence-electron chi connectivity index (χ2n) is 7.32. The van der Waals surface area contributed by atoms with Gasteiger partial charge in [0.2, 0.25) is 5.43 Å². The van der Waals surface area contributed by atoms with Crippen LogP contribution in [0.2, 0.25) is 5.02 Å². The zero-order valence-electron chi connectivity index (χ0n) is 17.2. The van der Waals surface area contributed by atoms with Crippen LogP contribution in [0, 0.1) is 6.92 Å². The summed E-state index contributed by atoms with van der Waals surface area (Å²) < 4.78 is 6.01. The molecule has 162 valence electrons. The number of nitrogens with one attached hydrogen (secondary N) is 1. The Kier molecular flexibility index (Phi) is 5.36. The summed E-state index contributed by atoms with van der Waals surface area (Å²) in [4.78, 5) is 35.6. The lowest BCUT2D eigenvalue weighted by atomic mass is 9.89. The SMILES string of the molecule is CCNc1cc2oc3cc(=O)c(Cl)cc-3c(-c3ccc(C(=O)O)cc3C(=O)O)c2cc1C. The van der Waals surface area contributed by atoms with E-state index < -0.39 is 17.4 Å². The molecular weight excluding hydrogens is 434 g/mol. The molecule has 0 saturated carbocycles. The number of hydrogen-bond acceptors (Lipinski definition) is 5. The van der Waals surface area contributed by atoms with E-state index in [0.717, 1.165) is 17.3 Å². The normalized spacial score (nSPS) is 11.1. The highest BCUT2D eigenvalue weighted by atomic mass is 35.5. The second-order valence-corrected chi connectivity index (χ2v) is 7.73. The van der Waals surface area contributed by atoms with E-state index in [9.17, 15) is 24.6 Å². The summed E-state index contributed by atoms with van der Waals surface area (Å²) in [6.07, 6.45) is 0. The first-order valence-corrected chi connectivity index (χ1v) is 10.1. The van der Waals surface area contributed by atoms with Crippen LogP contribution in [0.3, 0.4) is 0 Å². The highest BCUT2D eigenvalue weighted by molar-refractivity contribution is 6.31. The topological polar surface area (TPSA) is 117 Å². The van der Waals surface area contributed by atoms with Crippen LogP contribution in [0.1, 0.15) is 33.2 Å². The van der Waals surface area contributed by atoms with Gasteiger partial charge in [0.05, 0.1) is 16.1 Å². The van der Waals surface area contributed by atoms with Crippen LogP contribution in [-0.4, -0.2) is 28.7 Å². The third-order valence-electron chi connectivity index (χ3n) is 5.25. The molecule has 8 heteroatoms. The fourth-order valence-corrected chi connectivity index (χ4v) is 3.95. The smallest absolute Gasteiger partial charge is 0.336 e. The Labute approximate surface area is 187 Å². The monoisotopic (exact) mass is 451 g/mol. The summed E-state index contributed by atoms with van der Waals surface area (Å²) in [5.41, 5.74) is 2.65. The van der Waals surface area contributed by atoms with Crippen molar-refractivity contribution in [3.05, 3.63) is 74.4 Å². The highest BCUT2D eigenvalue weighted by Crippen LogP contribution is 2.43. The summed E-state index contributed by atoms with van der Waals surface area (Å²) in [5.74, 6) is -2.27. The third kappa shape index (κ3) is 3.56. The lowest BCUT2D eigenvalue weighted by Gasteiger charge is -2.19. The number of carboxylic acid groups (broad SMARTS) is 2. The zero-order chi connectivity index (χ0) is 23.2. The number of rotatable bonds is 5. The van der Waals surface area contributed by atoms with Crippen LogP contribution < -0.4 is 10.7 Å². The maximum absolute atomic E-state index is 12.2. The molecule has 0 unspecified atom stereocenters. The average molecular weight is 452 g/mol. The zero-order valence-corrected chi connectivity index (χ0v) is 17.9. The molecule has 2 aromatic rings. The second kappa shape index (κ2) is 8.01. The molecule has 0 aromatic heterocycles. The van der Waals surface area contributed by atoms with Crippen molar-refractivity contribution in [3.63, 3.8) is 0 Å². The predicted molar refractivity (Wildman–Crippen MR) is 122 cm³/mol. The maximum Gasteiger partial charge on any atom is 0.336 e. The number of anilines is 1. The van der Waals surface area contributed by atoms with E-state index >= 15 is 0 Å². The minimum absolute atomic E-state index is 0.0340. The first-order valence-electron chi connectivity index (χ1n) is 9.76. The number of halogens is 1. The molecular formula is C24H18ClNO6. The van der Waals surface area contributed by atoms with Gasteiger partial charge in [0.25, 0.3) is 0 Å². The van der Waals surface area contributed by atoms with Crippen molar-refractivity contribution in [2.75, 3.05) is 11.9 Å². The highest BCUT2D eigenvalue weighted by Gasteiger charge is 2.24.